The summed E-state index contributed by atoms with van der Waals surface area (Å²) in [5, 5.41) is 0. The minimum absolute atomic E-state index is 0.100. The topological polar surface area (TPSA) is 94.2 Å². The summed E-state index contributed by atoms with van der Waals surface area (Å²) in [6, 6.07) is 5.12. The van der Waals surface area contributed by atoms with Gasteiger partial charge in [-0.05, 0) is 12.1 Å². The molecular weight excluding hydrogens is 282 g/mol. The molecule has 2 N–H and O–H groups in total. The summed E-state index contributed by atoms with van der Waals surface area (Å²) in [7, 11) is 0. The predicted octanol–water partition coefficient (Wildman–Crippen LogP) is 1.02. The van der Waals surface area contributed by atoms with E-state index in [1.807, 2.05) is 0 Å². The molecule has 0 saturated carbocycles. The molecule has 7 heteroatoms. The number of nitrogens with zero attached hydrogens (tertiary/aromatic N) is 4. The molecule has 2 aromatic rings. The van der Waals surface area contributed by atoms with Crippen LogP contribution in [0.25, 0.3) is 0 Å². The van der Waals surface area contributed by atoms with E-state index >= 15 is 0 Å². The molecule has 1 aliphatic rings. The standard InChI is InChI=1S/C15H17N5O2/c16-14(21)13-10-12(2-7-17-13)22-11-3-8-20(9-4-11)15-18-5-1-6-19-15/h1-2,5-7,10-11H,3-4,8-9H2,(H2,16,21). The number of primary amides is 1. The summed E-state index contributed by atoms with van der Waals surface area (Å²) in [6.07, 6.45) is 6.85. The fourth-order valence-corrected chi connectivity index (χ4v) is 2.44. The minimum atomic E-state index is -0.554. The van der Waals surface area contributed by atoms with Crippen LogP contribution in [-0.2, 0) is 0 Å². The molecule has 7 nitrogen and oxygen atoms in total. The second kappa shape index (κ2) is 6.38. The smallest absolute Gasteiger partial charge is 0.267 e. The highest BCUT2D eigenvalue weighted by atomic mass is 16.5. The van der Waals surface area contributed by atoms with Gasteiger partial charge >= 0.3 is 0 Å². The van der Waals surface area contributed by atoms with Gasteiger partial charge in [-0.1, -0.05) is 0 Å². The van der Waals surface area contributed by atoms with Crippen molar-refractivity contribution >= 4 is 11.9 Å². The molecule has 0 atom stereocenters. The quantitative estimate of drug-likeness (QED) is 0.905. The van der Waals surface area contributed by atoms with Gasteiger partial charge in [0, 0.05) is 50.6 Å². The van der Waals surface area contributed by atoms with Crippen molar-refractivity contribution in [1.82, 2.24) is 15.0 Å². The molecule has 0 aromatic carbocycles. The normalized spacial score (nSPS) is 15.5. The summed E-state index contributed by atoms with van der Waals surface area (Å²) in [5.41, 5.74) is 5.44. The monoisotopic (exact) mass is 299 g/mol. The highest BCUT2D eigenvalue weighted by molar-refractivity contribution is 5.91. The number of hydrogen-bond acceptors (Lipinski definition) is 6. The number of pyridine rings is 1. The maximum Gasteiger partial charge on any atom is 0.267 e. The second-order valence-electron chi connectivity index (χ2n) is 5.09. The largest absolute Gasteiger partial charge is 0.490 e. The van der Waals surface area contributed by atoms with Crippen LogP contribution in [0, 0.1) is 0 Å². The van der Waals surface area contributed by atoms with Crippen molar-refractivity contribution in [3.8, 4) is 5.75 Å². The molecule has 0 unspecified atom stereocenters. The lowest BCUT2D eigenvalue weighted by atomic mass is 10.1. The lowest BCUT2D eigenvalue weighted by Crippen LogP contribution is -2.39. The number of ether oxygens (including phenoxy) is 1. The number of aromatic nitrogens is 3. The number of nitrogens with two attached hydrogens (primary N) is 1. The molecule has 3 heterocycles. The molecule has 0 aliphatic carbocycles. The Bertz CT molecular complexity index is 641. The Morgan fingerprint density at radius 3 is 2.59 bits per heavy atom. The molecule has 0 bridgehead atoms. The number of carbonyl (C=O) groups excluding carboxylic acids is 1. The molecule has 114 valence electrons. The lowest BCUT2D eigenvalue weighted by molar-refractivity contribution is 0.0994. The van der Waals surface area contributed by atoms with E-state index in [0.29, 0.717) is 5.75 Å². The van der Waals surface area contributed by atoms with Gasteiger partial charge in [-0.2, -0.15) is 0 Å². The van der Waals surface area contributed by atoms with E-state index in [1.165, 1.54) is 6.20 Å². The molecule has 2 aromatic heterocycles. The van der Waals surface area contributed by atoms with E-state index < -0.39 is 5.91 Å². The number of rotatable bonds is 4. The van der Waals surface area contributed by atoms with E-state index in [0.717, 1.165) is 31.9 Å². The van der Waals surface area contributed by atoms with Gasteiger partial charge in [-0.3, -0.25) is 9.78 Å². The molecule has 22 heavy (non-hydrogen) atoms. The third-order valence-corrected chi connectivity index (χ3v) is 3.56. The first-order valence-corrected chi connectivity index (χ1v) is 7.17. The van der Waals surface area contributed by atoms with Gasteiger partial charge in [0.25, 0.3) is 5.91 Å². The summed E-state index contributed by atoms with van der Waals surface area (Å²) in [6.45, 7) is 1.67. The van der Waals surface area contributed by atoms with Crippen molar-refractivity contribution in [2.45, 2.75) is 18.9 Å². The molecule has 1 amide bonds. The number of amides is 1. The fraction of sp³-hybridized carbons (Fsp3) is 0.333. The Labute approximate surface area is 128 Å². The van der Waals surface area contributed by atoms with E-state index in [9.17, 15) is 4.79 Å². The Morgan fingerprint density at radius 1 is 1.18 bits per heavy atom. The van der Waals surface area contributed by atoms with E-state index in [-0.39, 0.29) is 11.8 Å². The fourth-order valence-electron chi connectivity index (χ4n) is 2.44. The zero-order valence-corrected chi connectivity index (χ0v) is 12.1. The van der Waals surface area contributed by atoms with Crippen LogP contribution < -0.4 is 15.4 Å². The van der Waals surface area contributed by atoms with Gasteiger partial charge in [0.2, 0.25) is 5.95 Å². The Kier molecular flexibility index (Phi) is 4.13. The average molecular weight is 299 g/mol. The Hall–Kier alpha value is -2.70. The third kappa shape index (κ3) is 3.30. The van der Waals surface area contributed by atoms with Gasteiger partial charge in [0.1, 0.15) is 17.5 Å². The molecule has 1 saturated heterocycles. The number of carbonyl (C=O) groups is 1. The van der Waals surface area contributed by atoms with Crippen LogP contribution in [0.5, 0.6) is 5.75 Å². The Balaban J connectivity index is 1.58. The van der Waals surface area contributed by atoms with Crippen LogP contribution in [-0.4, -0.2) is 40.1 Å². The van der Waals surface area contributed by atoms with E-state index in [1.54, 1.807) is 30.6 Å². The van der Waals surface area contributed by atoms with Crippen molar-refractivity contribution in [3.05, 3.63) is 42.5 Å². The maximum absolute atomic E-state index is 11.1. The molecule has 3 rings (SSSR count). The summed E-state index contributed by atoms with van der Waals surface area (Å²) >= 11 is 0. The van der Waals surface area contributed by atoms with Crippen LogP contribution in [0.2, 0.25) is 0 Å². The van der Waals surface area contributed by atoms with Gasteiger partial charge in [-0.25, -0.2) is 9.97 Å². The van der Waals surface area contributed by atoms with Crippen molar-refractivity contribution in [1.29, 1.82) is 0 Å². The Morgan fingerprint density at radius 2 is 1.91 bits per heavy atom. The van der Waals surface area contributed by atoms with Crippen molar-refractivity contribution in [3.63, 3.8) is 0 Å². The van der Waals surface area contributed by atoms with Crippen LogP contribution in [0.1, 0.15) is 23.3 Å². The van der Waals surface area contributed by atoms with E-state index in [4.69, 9.17) is 10.5 Å². The lowest BCUT2D eigenvalue weighted by Gasteiger charge is -2.32. The van der Waals surface area contributed by atoms with Crippen molar-refractivity contribution in [2.24, 2.45) is 5.73 Å². The summed E-state index contributed by atoms with van der Waals surface area (Å²) in [5.74, 6) is 0.820. The van der Waals surface area contributed by atoms with Gasteiger partial charge < -0.3 is 15.4 Å². The molecule has 0 radical (unpaired) electrons. The number of anilines is 1. The third-order valence-electron chi connectivity index (χ3n) is 3.56. The summed E-state index contributed by atoms with van der Waals surface area (Å²) in [4.78, 5) is 25.7. The van der Waals surface area contributed by atoms with Gasteiger partial charge in [0.15, 0.2) is 0 Å². The van der Waals surface area contributed by atoms with Crippen molar-refractivity contribution < 1.29 is 9.53 Å². The average Bonchev–Trinajstić information content (AvgIpc) is 2.56. The highest BCUT2D eigenvalue weighted by Crippen LogP contribution is 2.21. The molecule has 0 spiro atoms. The number of hydrogen-bond donors (Lipinski definition) is 1. The first-order chi connectivity index (χ1) is 10.7. The first kappa shape index (κ1) is 14.2. The zero-order valence-electron chi connectivity index (χ0n) is 12.1. The van der Waals surface area contributed by atoms with Gasteiger partial charge in [-0.15, -0.1) is 0 Å². The van der Waals surface area contributed by atoms with Gasteiger partial charge in [0.05, 0.1) is 0 Å². The van der Waals surface area contributed by atoms with Crippen LogP contribution in [0.15, 0.2) is 36.8 Å². The van der Waals surface area contributed by atoms with Crippen LogP contribution >= 0.6 is 0 Å². The predicted molar refractivity (Wildman–Crippen MR) is 80.6 cm³/mol. The second-order valence-corrected chi connectivity index (χ2v) is 5.09. The van der Waals surface area contributed by atoms with Crippen molar-refractivity contribution in [2.75, 3.05) is 18.0 Å². The summed E-state index contributed by atoms with van der Waals surface area (Å²) < 4.78 is 5.92. The molecular formula is C15H17N5O2. The van der Waals surface area contributed by atoms with E-state index in [2.05, 4.69) is 19.9 Å². The maximum atomic E-state index is 11.1. The highest BCUT2D eigenvalue weighted by Gasteiger charge is 2.22. The molecule has 1 fully saturated rings. The first-order valence-electron chi connectivity index (χ1n) is 7.17. The SMILES string of the molecule is NC(=O)c1cc(OC2CCN(c3ncccn3)CC2)ccn1. The van der Waals surface area contributed by atoms with Crippen LogP contribution in [0.3, 0.4) is 0 Å². The minimum Gasteiger partial charge on any atom is -0.490 e. The molecule has 1 aliphatic heterocycles. The van der Waals surface area contributed by atoms with Crippen LogP contribution in [0.4, 0.5) is 5.95 Å². The zero-order chi connectivity index (χ0) is 15.4. The number of piperidine rings is 1.